The lowest BCUT2D eigenvalue weighted by Gasteiger charge is -2.05. The van der Waals surface area contributed by atoms with Crippen molar-refractivity contribution in [2.24, 2.45) is 5.10 Å². The van der Waals surface area contributed by atoms with E-state index in [0.29, 0.717) is 17.7 Å². The molecule has 0 unspecified atom stereocenters. The van der Waals surface area contributed by atoms with E-state index in [9.17, 15) is 20.0 Å². The van der Waals surface area contributed by atoms with E-state index in [2.05, 4.69) is 20.5 Å². The molecule has 1 aromatic carbocycles. The van der Waals surface area contributed by atoms with E-state index in [1.54, 1.807) is 0 Å². The largest absolute Gasteiger partial charge is 0.500 e. The molecule has 2 rings (SSSR count). The highest BCUT2D eigenvalue weighted by atomic mass is 16.6. The Morgan fingerprint density at radius 1 is 1.48 bits per heavy atom. The minimum Gasteiger partial charge on any atom is -0.500 e. The molecular weight excluding hydrogens is 330 g/mol. The Morgan fingerprint density at radius 2 is 2.24 bits per heavy atom. The maximum absolute atomic E-state index is 11.6. The SMILES string of the molecule is CCCc1cc(=O)[nH]c(NN=Cc2cc(OC)c(O)c([N+](=O)[O-])c2)n1. The van der Waals surface area contributed by atoms with Crippen molar-refractivity contribution in [3.8, 4) is 11.5 Å². The van der Waals surface area contributed by atoms with E-state index in [1.807, 2.05) is 6.92 Å². The number of rotatable bonds is 7. The fourth-order valence-corrected chi connectivity index (χ4v) is 2.10. The number of nitrogens with zero attached hydrogens (tertiary/aromatic N) is 3. The number of aromatic amines is 1. The molecule has 0 atom stereocenters. The molecule has 0 aliphatic rings. The molecule has 0 saturated heterocycles. The molecule has 2 aromatic rings. The summed E-state index contributed by atoms with van der Waals surface area (Å²) in [6.45, 7) is 1.97. The number of methoxy groups -OCH3 is 1. The second-order valence-electron chi connectivity index (χ2n) is 5.05. The zero-order valence-corrected chi connectivity index (χ0v) is 13.6. The Kier molecular flexibility index (Phi) is 5.66. The van der Waals surface area contributed by atoms with Crippen LogP contribution >= 0.6 is 0 Å². The number of anilines is 1. The summed E-state index contributed by atoms with van der Waals surface area (Å²) in [6, 6.07) is 3.94. The number of H-pyrrole nitrogens is 1. The zero-order chi connectivity index (χ0) is 18.4. The first kappa shape index (κ1) is 17.9. The molecule has 0 spiro atoms. The van der Waals surface area contributed by atoms with E-state index >= 15 is 0 Å². The van der Waals surface area contributed by atoms with E-state index in [1.165, 1.54) is 25.5 Å². The third-order valence-electron chi connectivity index (χ3n) is 3.18. The van der Waals surface area contributed by atoms with Gasteiger partial charge in [0.15, 0.2) is 5.75 Å². The van der Waals surface area contributed by atoms with Crippen molar-refractivity contribution < 1.29 is 14.8 Å². The number of nitro groups is 1. The van der Waals surface area contributed by atoms with Crippen LogP contribution in [-0.4, -0.2) is 33.3 Å². The van der Waals surface area contributed by atoms with Crippen LogP contribution in [0.2, 0.25) is 0 Å². The monoisotopic (exact) mass is 347 g/mol. The van der Waals surface area contributed by atoms with Gasteiger partial charge in [0.2, 0.25) is 11.7 Å². The van der Waals surface area contributed by atoms with Crippen LogP contribution in [0.15, 0.2) is 28.1 Å². The van der Waals surface area contributed by atoms with Crippen LogP contribution in [0, 0.1) is 10.1 Å². The molecule has 3 N–H and O–H groups in total. The number of hydrogen-bond donors (Lipinski definition) is 3. The summed E-state index contributed by atoms with van der Waals surface area (Å²) in [5, 5.41) is 24.6. The predicted octanol–water partition coefficient (Wildman–Crippen LogP) is 1.79. The van der Waals surface area contributed by atoms with Gasteiger partial charge in [-0.2, -0.15) is 5.10 Å². The zero-order valence-electron chi connectivity index (χ0n) is 13.6. The third-order valence-corrected chi connectivity index (χ3v) is 3.18. The fourth-order valence-electron chi connectivity index (χ4n) is 2.10. The van der Waals surface area contributed by atoms with E-state index < -0.39 is 16.4 Å². The second kappa shape index (κ2) is 7.90. The van der Waals surface area contributed by atoms with Crippen LogP contribution in [0.4, 0.5) is 11.6 Å². The van der Waals surface area contributed by atoms with Gasteiger partial charge in [-0.1, -0.05) is 13.3 Å². The summed E-state index contributed by atoms with van der Waals surface area (Å²) >= 11 is 0. The molecule has 0 aliphatic heterocycles. The standard InChI is InChI=1S/C15H17N5O5/c1-3-4-10-7-13(21)18-15(17-10)19-16-8-9-5-11(20(23)24)14(22)12(6-9)25-2/h5-8,22H,3-4H2,1-2H3,(H2,17,18,19,21). The van der Waals surface area contributed by atoms with Gasteiger partial charge in [0.25, 0.3) is 5.56 Å². The first-order chi connectivity index (χ1) is 11.9. The van der Waals surface area contributed by atoms with Gasteiger partial charge >= 0.3 is 5.69 Å². The highest BCUT2D eigenvalue weighted by Crippen LogP contribution is 2.36. The summed E-state index contributed by atoms with van der Waals surface area (Å²) in [4.78, 5) is 28.5. The maximum Gasteiger partial charge on any atom is 0.315 e. The number of benzene rings is 1. The first-order valence-corrected chi connectivity index (χ1v) is 7.39. The highest BCUT2D eigenvalue weighted by molar-refractivity contribution is 5.83. The van der Waals surface area contributed by atoms with Crippen molar-refractivity contribution in [2.75, 3.05) is 12.5 Å². The van der Waals surface area contributed by atoms with E-state index in [-0.39, 0.29) is 17.3 Å². The molecule has 1 aromatic heterocycles. The minimum atomic E-state index is -0.726. The predicted molar refractivity (Wildman–Crippen MR) is 91.4 cm³/mol. The average molecular weight is 347 g/mol. The number of phenols is 1. The molecule has 0 aliphatic carbocycles. The Morgan fingerprint density at radius 3 is 2.88 bits per heavy atom. The van der Waals surface area contributed by atoms with Gasteiger partial charge in [-0.3, -0.25) is 19.9 Å². The minimum absolute atomic E-state index is 0.0490. The molecule has 1 heterocycles. The van der Waals surface area contributed by atoms with Gasteiger partial charge in [-0.15, -0.1) is 0 Å². The van der Waals surface area contributed by atoms with Crippen LogP contribution in [0.1, 0.15) is 24.6 Å². The molecule has 0 amide bonds. The number of ether oxygens (including phenoxy) is 1. The first-order valence-electron chi connectivity index (χ1n) is 7.39. The van der Waals surface area contributed by atoms with Crippen molar-refractivity contribution in [1.82, 2.24) is 9.97 Å². The van der Waals surface area contributed by atoms with Crippen molar-refractivity contribution >= 4 is 17.9 Å². The Balaban J connectivity index is 2.24. The lowest BCUT2D eigenvalue weighted by atomic mass is 10.2. The molecular formula is C15H17N5O5. The number of aryl methyl sites for hydroxylation is 1. The lowest BCUT2D eigenvalue weighted by Crippen LogP contribution is -2.12. The molecule has 132 valence electrons. The molecule has 10 nitrogen and oxygen atoms in total. The summed E-state index contributed by atoms with van der Waals surface area (Å²) in [5.74, 6) is -0.449. The maximum atomic E-state index is 11.6. The number of aromatic hydroxyl groups is 1. The molecule has 0 fully saturated rings. The Bertz CT molecular complexity index is 862. The van der Waals surface area contributed by atoms with Crippen LogP contribution in [-0.2, 0) is 6.42 Å². The van der Waals surface area contributed by atoms with Crippen molar-refractivity contribution in [3.63, 3.8) is 0 Å². The van der Waals surface area contributed by atoms with E-state index in [4.69, 9.17) is 4.74 Å². The van der Waals surface area contributed by atoms with E-state index in [0.717, 1.165) is 12.5 Å². The lowest BCUT2D eigenvalue weighted by molar-refractivity contribution is -0.386. The van der Waals surface area contributed by atoms with Gasteiger partial charge < -0.3 is 9.84 Å². The number of hydrazone groups is 1. The van der Waals surface area contributed by atoms with Crippen molar-refractivity contribution in [1.29, 1.82) is 0 Å². The van der Waals surface area contributed by atoms with Crippen molar-refractivity contribution in [2.45, 2.75) is 19.8 Å². The highest BCUT2D eigenvalue weighted by Gasteiger charge is 2.19. The summed E-state index contributed by atoms with van der Waals surface area (Å²) in [6.07, 6.45) is 2.78. The molecule has 0 saturated carbocycles. The topological polar surface area (TPSA) is 143 Å². The summed E-state index contributed by atoms with van der Waals surface area (Å²) < 4.78 is 4.90. The van der Waals surface area contributed by atoms with Crippen LogP contribution in [0.3, 0.4) is 0 Å². The van der Waals surface area contributed by atoms with Gasteiger partial charge in [-0.05, 0) is 12.5 Å². The Labute approximate surface area is 142 Å². The molecule has 0 bridgehead atoms. The number of hydrogen-bond acceptors (Lipinski definition) is 8. The van der Waals surface area contributed by atoms with Crippen LogP contribution < -0.4 is 15.7 Å². The third kappa shape index (κ3) is 4.53. The van der Waals surface area contributed by atoms with Crippen LogP contribution in [0.25, 0.3) is 0 Å². The smallest absolute Gasteiger partial charge is 0.315 e. The number of phenolic OH excluding ortho intramolecular Hbond substituents is 1. The summed E-state index contributed by atoms with van der Waals surface area (Å²) in [7, 11) is 1.28. The van der Waals surface area contributed by atoms with Crippen LogP contribution in [0.5, 0.6) is 11.5 Å². The molecule has 10 heteroatoms. The fraction of sp³-hybridized carbons (Fsp3) is 0.267. The molecule has 25 heavy (non-hydrogen) atoms. The number of nitro benzene ring substituents is 1. The quantitative estimate of drug-likeness (QED) is 0.393. The number of aromatic nitrogens is 2. The van der Waals surface area contributed by atoms with Gasteiger partial charge in [0.05, 0.1) is 18.2 Å². The Hall–Kier alpha value is -3.43. The molecule has 0 radical (unpaired) electrons. The average Bonchev–Trinajstić information content (AvgIpc) is 2.55. The van der Waals surface area contributed by atoms with Gasteiger partial charge in [0, 0.05) is 23.4 Å². The second-order valence-corrected chi connectivity index (χ2v) is 5.05. The normalized spacial score (nSPS) is 10.8. The van der Waals surface area contributed by atoms with Gasteiger partial charge in [0.1, 0.15) is 0 Å². The summed E-state index contributed by atoms with van der Waals surface area (Å²) in [5.41, 5.74) is 2.70. The van der Waals surface area contributed by atoms with Crippen molar-refractivity contribution in [3.05, 3.63) is 49.9 Å². The van der Waals surface area contributed by atoms with Gasteiger partial charge in [-0.25, -0.2) is 10.4 Å². The number of nitrogens with one attached hydrogen (secondary N) is 2.